The molecule has 0 spiro atoms. The van der Waals surface area contributed by atoms with Crippen molar-refractivity contribution in [2.75, 3.05) is 25.1 Å². The molecule has 1 fully saturated rings. The van der Waals surface area contributed by atoms with E-state index in [1.165, 1.54) is 38.1 Å². The first kappa shape index (κ1) is 14.3. The van der Waals surface area contributed by atoms with Crippen molar-refractivity contribution in [2.24, 2.45) is 0 Å². The van der Waals surface area contributed by atoms with E-state index >= 15 is 0 Å². The zero-order valence-electron chi connectivity index (χ0n) is 11.3. The Hall–Kier alpha value is 0.270. The Bertz CT molecular complexity index is 177. The summed E-state index contributed by atoms with van der Waals surface area (Å²) in [6, 6.07) is 2.19. The number of hydrogen-bond acceptors (Lipinski definition) is 3. The van der Waals surface area contributed by atoms with E-state index in [0.717, 1.165) is 6.04 Å². The van der Waals surface area contributed by atoms with Gasteiger partial charge in [0.25, 0.3) is 0 Å². The van der Waals surface area contributed by atoms with Gasteiger partial charge in [-0.2, -0.15) is 11.8 Å². The van der Waals surface area contributed by atoms with Gasteiger partial charge in [-0.25, -0.2) is 0 Å². The average Bonchev–Trinajstić information content (AvgIpc) is 2.29. The fourth-order valence-electron chi connectivity index (χ4n) is 2.40. The number of piperidine rings is 1. The Morgan fingerprint density at radius 1 is 1.31 bits per heavy atom. The van der Waals surface area contributed by atoms with E-state index in [-0.39, 0.29) is 0 Å². The van der Waals surface area contributed by atoms with E-state index in [1.807, 2.05) is 11.8 Å². The molecule has 16 heavy (non-hydrogen) atoms. The first-order chi connectivity index (χ1) is 7.67. The summed E-state index contributed by atoms with van der Waals surface area (Å²) >= 11 is 1.96. The van der Waals surface area contributed by atoms with Crippen molar-refractivity contribution >= 4 is 11.8 Å². The number of thioether (sulfide) groups is 1. The van der Waals surface area contributed by atoms with E-state index in [4.69, 9.17) is 0 Å². The lowest BCUT2D eigenvalue weighted by atomic mass is 10.0. The molecule has 0 aromatic heterocycles. The second-order valence-corrected chi connectivity index (χ2v) is 6.04. The summed E-state index contributed by atoms with van der Waals surface area (Å²) in [5, 5.41) is 3.82. The van der Waals surface area contributed by atoms with Gasteiger partial charge < -0.3 is 10.2 Å². The van der Waals surface area contributed by atoms with Crippen LogP contribution in [-0.2, 0) is 0 Å². The summed E-state index contributed by atoms with van der Waals surface area (Å²) < 4.78 is 0. The molecule has 1 aliphatic rings. The topological polar surface area (TPSA) is 15.3 Å². The molecule has 0 aromatic rings. The second-order valence-electron chi connectivity index (χ2n) is 5.13. The SMILES string of the molecule is CCC(CSC)NC1CCN(C(C)C)CC1. The third-order valence-corrected chi connectivity index (χ3v) is 4.33. The highest BCUT2D eigenvalue weighted by Crippen LogP contribution is 2.14. The van der Waals surface area contributed by atoms with Crippen molar-refractivity contribution < 1.29 is 0 Å². The molecule has 2 nitrogen and oxygen atoms in total. The van der Waals surface area contributed by atoms with Crippen molar-refractivity contribution in [2.45, 2.75) is 58.2 Å². The fraction of sp³-hybridized carbons (Fsp3) is 1.00. The minimum absolute atomic E-state index is 0.714. The Labute approximate surface area is 106 Å². The van der Waals surface area contributed by atoms with Crippen LogP contribution in [0.15, 0.2) is 0 Å². The van der Waals surface area contributed by atoms with E-state index in [9.17, 15) is 0 Å². The van der Waals surface area contributed by atoms with Gasteiger partial charge in [-0.1, -0.05) is 6.92 Å². The highest BCUT2D eigenvalue weighted by atomic mass is 32.2. The van der Waals surface area contributed by atoms with Crippen LogP contribution >= 0.6 is 11.8 Å². The van der Waals surface area contributed by atoms with Crippen LogP contribution in [0, 0.1) is 0 Å². The minimum Gasteiger partial charge on any atom is -0.310 e. The van der Waals surface area contributed by atoms with Crippen LogP contribution in [0.5, 0.6) is 0 Å². The van der Waals surface area contributed by atoms with Crippen LogP contribution < -0.4 is 5.32 Å². The molecule has 1 unspecified atom stereocenters. The van der Waals surface area contributed by atoms with Gasteiger partial charge in [0.05, 0.1) is 0 Å². The normalized spacial score (nSPS) is 21.6. The van der Waals surface area contributed by atoms with Gasteiger partial charge in [0.2, 0.25) is 0 Å². The molecule has 1 atom stereocenters. The number of rotatable bonds is 6. The van der Waals surface area contributed by atoms with Crippen LogP contribution in [0.1, 0.15) is 40.0 Å². The van der Waals surface area contributed by atoms with Gasteiger partial charge in [0, 0.05) is 23.9 Å². The maximum atomic E-state index is 3.82. The van der Waals surface area contributed by atoms with Crippen LogP contribution in [0.4, 0.5) is 0 Å². The molecule has 1 heterocycles. The molecule has 1 saturated heterocycles. The first-order valence-corrected chi connectivity index (χ1v) is 8.05. The summed E-state index contributed by atoms with van der Waals surface area (Å²) in [6.45, 7) is 9.43. The van der Waals surface area contributed by atoms with E-state index in [2.05, 4.69) is 37.2 Å². The zero-order chi connectivity index (χ0) is 12.0. The summed E-state index contributed by atoms with van der Waals surface area (Å²) in [6.07, 6.45) is 6.10. The van der Waals surface area contributed by atoms with Gasteiger partial charge in [0.15, 0.2) is 0 Å². The number of likely N-dealkylation sites (tertiary alicyclic amines) is 1. The predicted octanol–water partition coefficient (Wildman–Crippen LogP) is 2.59. The molecule has 0 aliphatic carbocycles. The van der Waals surface area contributed by atoms with Crippen LogP contribution in [0.25, 0.3) is 0 Å². The van der Waals surface area contributed by atoms with E-state index < -0.39 is 0 Å². The maximum Gasteiger partial charge on any atom is 0.0158 e. The Balaban J connectivity index is 2.25. The summed E-state index contributed by atoms with van der Waals surface area (Å²) in [7, 11) is 0. The highest BCUT2D eigenvalue weighted by Gasteiger charge is 2.22. The molecule has 0 amide bonds. The fourth-order valence-corrected chi connectivity index (χ4v) is 3.14. The molecule has 96 valence electrons. The Morgan fingerprint density at radius 3 is 2.38 bits per heavy atom. The zero-order valence-corrected chi connectivity index (χ0v) is 12.1. The molecule has 0 bridgehead atoms. The maximum absolute atomic E-state index is 3.82. The van der Waals surface area contributed by atoms with Crippen molar-refractivity contribution in [1.29, 1.82) is 0 Å². The van der Waals surface area contributed by atoms with Gasteiger partial charge in [-0.05, 0) is 52.5 Å². The number of hydrogen-bond donors (Lipinski definition) is 1. The van der Waals surface area contributed by atoms with Crippen molar-refractivity contribution in [3.05, 3.63) is 0 Å². The third kappa shape index (κ3) is 4.64. The van der Waals surface area contributed by atoms with Gasteiger partial charge >= 0.3 is 0 Å². The second kappa shape index (κ2) is 7.57. The molecule has 3 heteroatoms. The predicted molar refractivity (Wildman–Crippen MR) is 75.3 cm³/mol. The minimum atomic E-state index is 0.714. The lowest BCUT2D eigenvalue weighted by Gasteiger charge is -2.36. The molecular formula is C13H28N2S. The summed E-state index contributed by atoms with van der Waals surface area (Å²) in [5.41, 5.74) is 0. The monoisotopic (exact) mass is 244 g/mol. The third-order valence-electron chi connectivity index (χ3n) is 3.59. The van der Waals surface area contributed by atoms with Crippen molar-refractivity contribution in [3.8, 4) is 0 Å². The molecule has 1 aliphatic heterocycles. The largest absolute Gasteiger partial charge is 0.310 e. The molecule has 0 aromatic carbocycles. The lowest BCUT2D eigenvalue weighted by molar-refractivity contribution is 0.157. The van der Waals surface area contributed by atoms with Crippen LogP contribution in [0.2, 0.25) is 0 Å². The molecule has 1 N–H and O–H groups in total. The van der Waals surface area contributed by atoms with Gasteiger partial charge in [-0.15, -0.1) is 0 Å². The van der Waals surface area contributed by atoms with E-state index in [0.29, 0.717) is 12.1 Å². The first-order valence-electron chi connectivity index (χ1n) is 6.66. The van der Waals surface area contributed by atoms with Crippen molar-refractivity contribution in [3.63, 3.8) is 0 Å². The summed E-state index contributed by atoms with van der Waals surface area (Å²) in [5.74, 6) is 1.25. The van der Waals surface area contributed by atoms with Gasteiger partial charge in [-0.3, -0.25) is 0 Å². The van der Waals surface area contributed by atoms with E-state index in [1.54, 1.807) is 0 Å². The smallest absolute Gasteiger partial charge is 0.0158 e. The van der Waals surface area contributed by atoms with Gasteiger partial charge in [0.1, 0.15) is 0 Å². The number of nitrogens with one attached hydrogen (secondary N) is 1. The van der Waals surface area contributed by atoms with Crippen molar-refractivity contribution in [1.82, 2.24) is 10.2 Å². The Kier molecular flexibility index (Phi) is 6.78. The van der Waals surface area contributed by atoms with Crippen LogP contribution in [0.3, 0.4) is 0 Å². The molecule has 1 rings (SSSR count). The average molecular weight is 244 g/mol. The standard InChI is InChI=1S/C13H28N2S/c1-5-12(10-16-4)14-13-6-8-15(9-7-13)11(2)3/h11-14H,5-10H2,1-4H3. The Morgan fingerprint density at radius 2 is 1.94 bits per heavy atom. The lowest BCUT2D eigenvalue weighted by Crippen LogP contribution is -2.48. The quantitative estimate of drug-likeness (QED) is 0.773. The molecule has 0 saturated carbocycles. The molecular weight excluding hydrogens is 216 g/mol. The van der Waals surface area contributed by atoms with Crippen LogP contribution in [-0.4, -0.2) is 48.1 Å². The molecule has 0 radical (unpaired) electrons. The summed E-state index contributed by atoms with van der Waals surface area (Å²) in [4.78, 5) is 2.59. The highest BCUT2D eigenvalue weighted by molar-refractivity contribution is 7.98. The number of nitrogens with zero attached hydrogens (tertiary/aromatic N) is 1.